The monoisotopic (exact) mass is 365 g/mol. The van der Waals surface area contributed by atoms with Crippen LogP contribution in [0.25, 0.3) is 0 Å². The topological polar surface area (TPSA) is 68.5 Å². The molecule has 24 heavy (non-hydrogen) atoms. The van der Waals surface area contributed by atoms with E-state index in [1.807, 2.05) is 23.6 Å². The molecule has 4 heterocycles. The summed E-state index contributed by atoms with van der Waals surface area (Å²) in [5.41, 5.74) is 1.41. The van der Waals surface area contributed by atoms with Crippen LogP contribution in [0.15, 0.2) is 16.0 Å². The molecule has 0 bridgehead atoms. The van der Waals surface area contributed by atoms with Crippen molar-refractivity contribution < 1.29 is 14.1 Å². The van der Waals surface area contributed by atoms with Gasteiger partial charge in [0.05, 0.1) is 28.2 Å². The fraction of sp³-hybridized carbons (Fsp3) is 0.562. The molecule has 8 heteroatoms. The van der Waals surface area contributed by atoms with Gasteiger partial charge in [-0.3, -0.25) is 4.79 Å². The predicted octanol–water partition coefficient (Wildman–Crippen LogP) is 2.66. The Morgan fingerprint density at radius 3 is 3.00 bits per heavy atom. The Bertz CT molecular complexity index is 751. The van der Waals surface area contributed by atoms with E-state index >= 15 is 0 Å². The largest absolute Gasteiger partial charge is 0.371 e. The molecule has 2 aromatic heterocycles. The molecule has 0 radical (unpaired) electrons. The lowest BCUT2D eigenvalue weighted by atomic mass is 9.92. The highest BCUT2D eigenvalue weighted by Crippen LogP contribution is 2.46. The Hall–Kier alpha value is -1.38. The number of rotatable bonds is 4. The SMILES string of the molecule is Cc1cc(C(=O)N2CC3(C[C@@H](OCc4csc(C)n4)CS3)C2)no1. The van der Waals surface area contributed by atoms with Crippen LogP contribution in [0.1, 0.15) is 33.4 Å². The van der Waals surface area contributed by atoms with E-state index in [4.69, 9.17) is 9.26 Å². The number of thioether (sulfide) groups is 1. The molecule has 2 aliphatic heterocycles. The van der Waals surface area contributed by atoms with Crippen LogP contribution >= 0.6 is 23.1 Å². The average Bonchev–Trinajstić information content (AvgIpc) is 3.22. The maximum atomic E-state index is 12.3. The van der Waals surface area contributed by atoms with Gasteiger partial charge in [-0.2, -0.15) is 0 Å². The Morgan fingerprint density at radius 1 is 1.50 bits per heavy atom. The minimum absolute atomic E-state index is 0.0413. The van der Waals surface area contributed by atoms with Crippen molar-refractivity contribution in [2.45, 2.75) is 37.7 Å². The maximum absolute atomic E-state index is 12.3. The molecule has 2 fully saturated rings. The fourth-order valence-corrected chi connectivity index (χ4v) is 5.38. The van der Waals surface area contributed by atoms with Gasteiger partial charge < -0.3 is 14.2 Å². The third-order valence-corrected chi connectivity index (χ3v) is 6.80. The number of ether oxygens (including phenoxy) is 1. The summed E-state index contributed by atoms with van der Waals surface area (Å²) in [6, 6.07) is 1.69. The Kier molecular flexibility index (Phi) is 4.14. The van der Waals surface area contributed by atoms with Crippen molar-refractivity contribution in [1.29, 1.82) is 0 Å². The first-order valence-electron chi connectivity index (χ1n) is 7.92. The molecule has 0 aromatic carbocycles. The summed E-state index contributed by atoms with van der Waals surface area (Å²) in [6.45, 7) is 5.90. The first-order chi connectivity index (χ1) is 11.5. The van der Waals surface area contributed by atoms with Crippen LogP contribution in [-0.2, 0) is 11.3 Å². The Balaban J connectivity index is 1.27. The van der Waals surface area contributed by atoms with E-state index in [1.54, 1.807) is 24.3 Å². The van der Waals surface area contributed by atoms with E-state index in [9.17, 15) is 4.79 Å². The second-order valence-electron chi connectivity index (χ2n) is 6.47. The van der Waals surface area contributed by atoms with Crippen LogP contribution in [0.2, 0.25) is 0 Å². The molecular formula is C16H19N3O3S2. The van der Waals surface area contributed by atoms with E-state index in [0.29, 0.717) is 18.1 Å². The van der Waals surface area contributed by atoms with Crippen LogP contribution in [-0.4, -0.2) is 50.6 Å². The molecule has 0 aliphatic carbocycles. The zero-order valence-electron chi connectivity index (χ0n) is 13.7. The van der Waals surface area contributed by atoms with Gasteiger partial charge in [0.25, 0.3) is 5.91 Å². The van der Waals surface area contributed by atoms with Gasteiger partial charge >= 0.3 is 0 Å². The van der Waals surface area contributed by atoms with Gasteiger partial charge in [0.15, 0.2) is 5.69 Å². The molecule has 6 nitrogen and oxygen atoms in total. The number of aryl methyl sites for hydroxylation is 2. The van der Waals surface area contributed by atoms with Crippen LogP contribution < -0.4 is 0 Å². The van der Waals surface area contributed by atoms with E-state index in [2.05, 4.69) is 15.5 Å². The second-order valence-corrected chi connectivity index (χ2v) is 9.02. The lowest BCUT2D eigenvalue weighted by molar-refractivity contribution is 0.0242. The summed E-state index contributed by atoms with van der Waals surface area (Å²) in [7, 11) is 0. The van der Waals surface area contributed by atoms with Gasteiger partial charge in [-0.1, -0.05) is 5.16 Å². The molecule has 0 N–H and O–H groups in total. The Labute approximate surface area is 148 Å². The lowest BCUT2D eigenvalue weighted by Gasteiger charge is -2.47. The first kappa shape index (κ1) is 16.1. The van der Waals surface area contributed by atoms with Crippen LogP contribution in [0.4, 0.5) is 0 Å². The van der Waals surface area contributed by atoms with Gasteiger partial charge in [0.2, 0.25) is 0 Å². The molecule has 128 valence electrons. The third-order valence-electron chi connectivity index (χ3n) is 4.40. The standard InChI is InChI=1S/C16H19N3O3S2/c1-10-3-14(18-22-10)15(20)19-8-16(9-19)4-13(7-24-16)21-5-12-6-23-11(2)17-12/h3,6,13H,4-5,7-9H2,1-2H3/t13-/m1/s1. The number of hydrogen-bond acceptors (Lipinski definition) is 7. The summed E-state index contributed by atoms with van der Waals surface area (Å²) in [6.07, 6.45) is 1.23. The number of likely N-dealkylation sites (tertiary alicyclic amines) is 1. The van der Waals surface area contributed by atoms with E-state index in [1.165, 1.54) is 0 Å². The molecular weight excluding hydrogens is 346 g/mol. The van der Waals surface area contributed by atoms with Crippen molar-refractivity contribution in [3.05, 3.63) is 33.6 Å². The molecule has 1 atom stereocenters. The fourth-order valence-electron chi connectivity index (χ4n) is 3.23. The smallest absolute Gasteiger partial charge is 0.276 e. The molecule has 1 amide bonds. The maximum Gasteiger partial charge on any atom is 0.276 e. The summed E-state index contributed by atoms with van der Waals surface area (Å²) in [5.74, 6) is 1.60. The summed E-state index contributed by atoms with van der Waals surface area (Å²) >= 11 is 3.57. The van der Waals surface area contributed by atoms with Crippen molar-refractivity contribution >= 4 is 29.0 Å². The van der Waals surface area contributed by atoms with Gasteiger partial charge in [-0.25, -0.2) is 4.98 Å². The molecule has 2 aliphatic rings. The minimum Gasteiger partial charge on any atom is -0.371 e. The van der Waals surface area contributed by atoms with Crippen molar-refractivity contribution in [3.8, 4) is 0 Å². The number of carbonyl (C=O) groups is 1. The highest BCUT2D eigenvalue weighted by molar-refractivity contribution is 8.01. The number of amides is 1. The Morgan fingerprint density at radius 2 is 2.33 bits per heavy atom. The van der Waals surface area contributed by atoms with Gasteiger partial charge in [0, 0.05) is 30.3 Å². The van der Waals surface area contributed by atoms with E-state index < -0.39 is 0 Å². The second kappa shape index (κ2) is 6.16. The minimum atomic E-state index is -0.0413. The molecule has 1 spiro atoms. The van der Waals surface area contributed by atoms with Gasteiger partial charge in [-0.15, -0.1) is 23.1 Å². The first-order valence-corrected chi connectivity index (χ1v) is 9.79. The van der Waals surface area contributed by atoms with Crippen LogP contribution in [0.3, 0.4) is 0 Å². The summed E-state index contributed by atoms with van der Waals surface area (Å²) in [4.78, 5) is 18.6. The summed E-state index contributed by atoms with van der Waals surface area (Å²) in [5, 5.41) is 6.93. The molecule has 0 saturated carbocycles. The molecule has 4 rings (SSSR count). The van der Waals surface area contributed by atoms with Crippen molar-refractivity contribution in [2.24, 2.45) is 0 Å². The zero-order chi connectivity index (χ0) is 16.7. The normalized spacial score (nSPS) is 22.1. The highest BCUT2D eigenvalue weighted by Gasteiger charge is 2.51. The molecule has 2 aromatic rings. The lowest BCUT2D eigenvalue weighted by Crippen LogP contribution is -2.60. The predicted molar refractivity (Wildman–Crippen MR) is 92.4 cm³/mol. The van der Waals surface area contributed by atoms with E-state index in [0.717, 1.165) is 36.0 Å². The van der Waals surface area contributed by atoms with Crippen LogP contribution in [0, 0.1) is 13.8 Å². The van der Waals surface area contributed by atoms with Gasteiger partial charge in [-0.05, 0) is 20.3 Å². The average molecular weight is 365 g/mol. The quantitative estimate of drug-likeness (QED) is 0.830. The van der Waals surface area contributed by atoms with E-state index in [-0.39, 0.29) is 16.8 Å². The number of carbonyl (C=O) groups excluding carboxylic acids is 1. The number of nitrogens with zero attached hydrogens (tertiary/aromatic N) is 3. The number of hydrogen-bond donors (Lipinski definition) is 0. The number of thiazole rings is 1. The van der Waals surface area contributed by atoms with Crippen molar-refractivity contribution in [1.82, 2.24) is 15.0 Å². The van der Waals surface area contributed by atoms with Crippen molar-refractivity contribution in [2.75, 3.05) is 18.8 Å². The van der Waals surface area contributed by atoms with Gasteiger partial charge in [0.1, 0.15) is 5.76 Å². The number of aromatic nitrogens is 2. The third kappa shape index (κ3) is 3.10. The van der Waals surface area contributed by atoms with Crippen LogP contribution in [0.5, 0.6) is 0 Å². The summed E-state index contributed by atoms with van der Waals surface area (Å²) < 4.78 is 11.1. The van der Waals surface area contributed by atoms with Crippen molar-refractivity contribution in [3.63, 3.8) is 0 Å². The highest BCUT2D eigenvalue weighted by atomic mass is 32.2. The molecule has 0 unspecified atom stereocenters. The molecule has 2 saturated heterocycles. The zero-order valence-corrected chi connectivity index (χ0v) is 15.3.